The minimum absolute atomic E-state index is 0.146. The van der Waals surface area contributed by atoms with Crippen LogP contribution in [0.1, 0.15) is 49.3 Å². The largest absolute Gasteiger partial charge is 0.493 e. The molecule has 0 radical (unpaired) electrons. The third-order valence-corrected chi connectivity index (χ3v) is 4.87. The van der Waals surface area contributed by atoms with Gasteiger partial charge in [-0.2, -0.15) is 5.10 Å². The highest BCUT2D eigenvalue weighted by Gasteiger charge is 2.11. The summed E-state index contributed by atoms with van der Waals surface area (Å²) in [6.07, 6.45) is 0.919. The van der Waals surface area contributed by atoms with Crippen LogP contribution in [0.4, 0.5) is 0 Å². The summed E-state index contributed by atoms with van der Waals surface area (Å²) in [5.41, 5.74) is 4.81. The van der Waals surface area contributed by atoms with Crippen LogP contribution in [0.3, 0.4) is 0 Å². The van der Waals surface area contributed by atoms with E-state index in [2.05, 4.69) is 67.5 Å². The van der Waals surface area contributed by atoms with Crippen molar-refractivity contribution in [1.29, 1.82) is 0 Å². The Labute approximate surface area is 169 Å². The summed E-state index contributed by atoms with van der Waals surface area (Å²) in [7, 11) is 3.78. The zero-order chi connectivity index (χ0) is 20.7. The number of guanidine groups is 1. The minimum atomic E-state index is 0.146. The zero-order valence-corrected chi connectivity index (χ0v) is 18.3. The summed E-state index contributed by atoms with van der Waals surface area (Å²) in [6, 6.07) is 8.40. The van der Waals surface area contributed by atoms with Gasteiger partial charge in [-0.1, -0.05) is 26.0 Å². The van der Waals surface area contributed by atoms with Gasteiger partial charge in [0.1, 0.15) is 5.75 Å². The van der Waals surface area contributed by atoms with Crippen LogP contribution in [0.15, 0.2) is 29.3 Å². The van der Waals surface area contributed by atoms with Gasteiger partial charge in [-0.05, 0) is 56.4 Å². The van der Waals surface area contributed by atoms with Gasteiger partial charge in [0.25, 0.3) is 0 Å². The molecule has 0 fully saturated rings. The number of hydrogen-bond donors (Lipinski definition) is 2. The highest BCUT2D eigenvalue weighted by Crippen LogP contribution is 2.18. The van der Waals surface area contributed by atoms with Crippen molar-refractivity contribution in [2.45, 2.75) is 47.1 Å². The molecule has 6 nitrogen and oxygen atoms in total. The Morgan fingerprint density at radius 1 is 1.18 bits per heavy atom. The standard InChI is InChI=1S/C22H35N5O/c1-15(2)14-28-20-10-8-19(9-11-20)16(3)25-22(23-6)24-13-12-21-17(4)26-27(7)18(21)5/h8-11,15-16H,12-14H2,1-7H3,(H2,23,24,25). The smallest absolute Gasteiger partial charge is 0.191 e. The van der Waals surface area contributed by atoms with E-state index in [-0.39, 0.29) is 6.04 Å². The van der Waals surface area contributed by atoms with E-state index in [0.29, 0.717) is 5.92 Å². The quantitative estimate of drug-likeness (QED) is 0.539. The number of nitrogens with zero attached hydrogens (tertiary/aromatic N) is 3. The van der Waals surface area contributed by atoms with Crippen molar-refractivity contribution in [3.8, 4) is 5.75 Å². The number of aryl methyl sites for hydroxylation is 2. The molecular weight excluding hydrogens is 350 g/mol. The molecule has 1 aromatic heterocycles. The Kier molecular flexibility index (Phi) is 7.91. The molecule has 1 aromatic carbocycles. The molecule has 1 atom stereocenters. The first kappa shape index (κ1) is 21.8. The van der Waals surface area contributed by atoms with Crippen molar-refractivity contribution in [3.63, 3.8) is 0 Å². The Hall–Kier alpha value is -2.50. The molecule has 6 heteroatoms. The monoisotopic (exact) mass is 385 g/mol. The number of rotatable bonds is 8. The minimum Gasteiger partial charge on any atom is -0.493 e. The number of ether oxygens (including phenoxy) is 1. The number of nitrogens with one attached hydrogen (secondary N) is 2. The molecule has 2 rings (SSSR count). The van der Waals surface area contributed by atoms with Crippen LogP contribution < -0.4 is 15.4 Å². The summed E-state index contributed by atoms with van der Waals surface area (Å²) in [5.74, 6) is 2.23. The topological polar surface area (TPSA) is 63.5 Å². The molecule has 0 saturated heterocycles. The van der Waals surface area contributed by atoms with Crippen LogP contribution in [0.25, 0.3) is 0 Å². The molecule has 28 heavy (non-hydrogen) atoms. The summed E-state index contributed by atoms with van der Waals surface area (Å²) in [4.78, 5) is 4.35. The normalized spacial score (nSPS) is 12.9. The average molecular weight is 386 g/mol. The lowest BCUT2D eigenvalue weighted by molar-refractivity contribution is 0.271. The zero-order valence-electron chi connectivity index (χ0n) is 18.3. The van der Waals surface area contributed by atoms with Gasteiger partial charge in [0, 0.05) is 26.3 Å². The van der Waals surface area contributed by atoms with Gasteiger partial charge >= 0.3 is 0 Å². The van der Waals surface area contributed by atoms with Crippen LogP contribution in [-0.2, 0) is 13.5 Å². The average Bonchev–Trinajstić information content (AvgIpc) is 2.91. The van der Waals surface area contributed by atoms with Crippen LogP contribution in [0.2, 0.25) is 0 Å². The molecule has 1 heterocycles. The van der Waals surface area contributed by atoms with Crippen LogP contribution in [0, 0.1) is 19.8 Å². The van der Waals surface area contributed by atoms with Crippen molar-refractivity contribution < 1.29 is 4.74 Å². The number of hydrogen-bond acceptors (Lipinski definition) is 3. The molecular formula is C22H35N5O. The van der Waals surface area contributed by atoms with Gasteiger partial charge in [-0.15, -0.1) is 0 Å². The first-order chi connectivity index (χ1) is 13.3. The molecule has 0 aliphatic rings. The lowest BCUT2D eigenvalue weighted by Crippen LogP contribution is -2.39. The predicted octanol–water partition coefficient (Wildman–Crippen LogP) is 3.54. The van der Waals surface area contributed by atoms with E-state index < -0.39 is 0 Å². The van der Waals surface area contributed by atoms with Gasteiger partial charge in [0.2, 0.25) is 0 Å². The Morgan fingerprint density at radius 3 is 2.39 bits per heavy atom. The van der Waals surface area contributed by atoms with Crippen LogP contribution in [-0.4, -0.2) is 35.9 Å². The van der Waals surface area contributed by atoms with Crippen molar-refractivity contribution in [2.24, 2.45) is 18.0 Å². The Morgan fingerprint density at radius 2 is 1.86 bits per heavy atom. The fourth-order valence-electron chi connectivity index (χ4n) is 3.08. The number of aromatic nitrogens is 2. The molecule has 0 aliphatic carbocycles. The fraction of sp³-hybridized carbons (Fsp3) is 0.545. The third kappa shape index (κ3) is 6.01. The van der Waals surface area contributed by atoms with Crippen LogP contribution in [0.5, 0.6) is 5.75 Å². The maximum Gasteiger partial charge on any atom is 0.191 e. The summed E-state index contributed by atoms with van der Waals surface area (Å²) in [6.45, 7) is 12.1. The Bertz CT molecular complexity index is 777. The molecule has 154 valence electrons. The summed E-state index contributed by atoms with van der Waals surface area (Å²) in [5, 5.41) is 11.3. The molecule has 0 amide bonds. The molecule has 0 spiro atoms. The van der Waals surface area contributed by atoms with E-state index in [4.69, 9.17) is 4.74 Å². The highest BCUT2D eigenvalue weighted by molar-refractivity contribution is 5.80. The van der Waals surface area contributed by atoms with Crippen LogP contribution >= 0.6 is 0 Å². The second-order valence-corrected chi connectivity index (χ2v) is 7.66. The lowest BCUT2D eigenvalue weighted by atomic mass is 10.1. The van der Waals surface area contributed by atoms with Crippen molar-refractivity contribution in [3.05, 3.63) is 46.8 Å². The van der Waals surface area contributed by atoms with E-state index in [1.54, 1.807) is 7.05 Å². The number of aliphatic imine (C=N–C) groups is 1. The Balaban J connectivity index is 1.86. The van der Waals surface area contributed by atoms with Crippen molar-refractivity contribution >= 4 is 5.96 Å². The maximum atomic E-state index is 5.76. The van der Waals surface area contributed by atoms with Gasteiger partial charge < -0.3 is 15.4 Å². The molecule has 1 unspecified atom stereocenters. The van der Waals surface area contributed by atoms with Gasteiger partial charge in [0.05, 0.1) is 18.3 Å². The van der Waals surface area contributed by atoms with Crippen molar-refractivity contribution in [1.82, 2.24) is 20.4 Å². The number of benzene rings is 1. The predicted molar refractivity (Wildman–Crippen MR) is 116 cm³/mol. The molecule has 2 aromatic rings. The van der Waals surface area contributed by atoms with E-state index in [9.17, 15) is 0 Å². The summed E-state index contributed by atoms with van der Waals surface area (Å²) < 4.78 is 7.70. The SMILES string of the molecule is CN=C(NCCc1c(C)nn(C)c1C)NC(C)c1ccc(OCC(C)C)cc1. The fourth-order valence-corrected chi connectivity index (χ4v) is 3.08. The van der Waals surface area contributed by atoms with Gasteiger partial charge in [-0.3, -0.25) is 9.67 Å². The van der Waals surface area contributed by atoms with E-state index in [1.807, 2.05) is 23.9 Å². The van der Waals surface area contributed by atoms with Crippen molar-refractivity contribution in [2.75, 3.05) is 20.2 Å². The molecule has 0 bridgehead atoms. The van der Waals surface area contributed by atoms with E-state index in [0.717, 1.165) is 37.0 Å². The third-order valence-electron chi connectivity index (χ3n) is 4.87. The molecule has 2 N–H and O–H groups in total. The second kappa shape index (κ2) is 10.2. The first-order valence-electron chi connectivity index (χ1n) is 10.0. The highest BCUT2D eigenvalue weighted by atomic mass is 16.5. The van der Waals surface area contributed by atoms with Gasteiger partial charge in [0.15, 0.2) is 5.96 Å². The van der Waals surface area contributed by atoms with E-state index >= 15 is 0 Å². The van der Waals surface area contributed by atoms with Gasteiger partial charge in [-0.25, -0.2) is 0 Å². The lowest BCUT2D eigenvalue weighted by Gasteiger charge is -2.19. The second-order valence-electron chi connectivity index (χ2n) is 7.66. The summed E-state index contributed by atoms with van der Waals surface area (Å²) >= 11 is 0. The molecule has 0 saturated carbocycles. The van der Waals surface area contributed by atoms with E-state index in [1.165, 1.54) is 16.8 Å². The maximum absolute atomic E-state index is 5.76. The first-order valence-corrected chi connectivity index (χ1v) is 10.0. The molecule has 0 aliphatic heterocycles.